The summed E-state index contributed by atoms with van der Waals surface area (Å²) in [5.74, 6) is 0.607. The molecule has 3 rings (SSSR count). The Kier molecular flexibility index (Phi) is 7.07. The summed E-state index contributed by atoms with van der Waals surface area (Å²) >= 11 is 1.56. The molecule has 2 aliphatic heterocycles. The largest absolute Gasteiger partial charge is 0.354 e. The first-order chi connectivity index (χ1) is 11.1. The van der Waals surface area contributed by atoms with Gasteiger partial charge in [0.05, 0.1) is 10.9 Å². The molecule has 1 aromatic heterocycles. The molecule has 2 atom stereocenters. The van der Waals surface area contributed by atoms with Gasteiger partial charge in [0.1, 0.15) is 0 Å². The third-order valence-electron chi connectivity index (χ3n) is 4.70. The molecule has 24 heavy (non-hydrogen) atoms. The normalized spacial score (nSPS) is 23.6. The first-order valence-electron chi connectivity index (χ1n) is 8.50. The summed E-state index contributed by atoms with van der Waals surface area (Å²) in [5.41, 5.74) is 0. The first-order valence-corrected chi connectivity index (χ1v) is 9.32. The quantitative estimate of drug-likeness (QED) is 0.852. The lowest BCUT2D eigenvalue weighted by atomic mass is 9.97. The van der Waals surface area contributed by atoms with Gasteiger partial charge in [0.2, 0.25) is 5.91 Å². The Bertz CT molecular complexity index is 572. The molecule has 7 heteroatoms. The molecule has 2 aliphatic rings. The van der Waals surface area contributed by atoms with Crippen LogP contribution in [0.25, 0.3) is 0 Å². The number of amides is 2. The average molecular weight is 372 g/mol. The van der Waals surface area contributed by atoms with Crippen molar-refractivity contribution >= 4 is 35.6 Å². The minimum atomic E-state index is -0.0228. The van der Waals surface area contributed by atoms with Crippen molar-refractivity contribution in [3.8, 4) is 0 Å². The second-order valence-electron chi connectivity index (χ2n) is 6.56. The molecule has 2 unspecified atom stereocenters. The van der Waals surface area contributed by atoms with Gasteiger partial charge >= 0.3 is 0 Å². The first kappa shape index (κ1) is 19.2. The second kappa shape index (κ2) is 8.83. The number of halogens is 1. The summed E-state index contributed by atoms with van der Waals surface area (Å²) in [6.45, 7) is 5.19. The van der Waals surface area contributed by atoms with Gasteiger partial charge in [0.15, 0.2) is 0 Å². The van der Waals surface area contributed by atoms with Crippen molar-refractivity contribution in [2.45, 2.75) is 38.6 Å². The van der Waals surface area contributed by atoms with Crippen molar-refractivity contribution in [2.24, 2.45) is 5.92 Å². The molecule has 3 heterocycles. The molecule has 0 saturated carbocycles. The average Bonchev–Trinajstić information content (AvgIpc) is 3.24. The molecular formula is C17H26ClN3O2S. The molecule has 2 saturated heterocycles. The fourth-order valence-electron chi connectivity index (χ4n) is 3.40. The number of likely N-dealkylation sites (tertiary alicyclic amines) is 1. The fraction of sp³-hybridized carbons (Fsp3) is 0.647. The van der Waals surface area contributed by atoms with Crippen molar-refractivity contribution < 1.29 is 9.59 Å². The standard InChI is InChI=1S/C17H25N3O2S.ClH/c1-12-6-7-15(23-12)17(22)20-9-3-4-13(11-20)10-19-16(21)14-5-2-8-18-14;/h6-7,13-14,18H,2-5,8-11H2,1H3,(H,19,21);1H. The molecule has 0 bridgehead atoms. The maximum absolute atomic E-state index is 12.5. The molecule has 134 valence electrons. The van der Waals surface area contributed by atoms with E-state index in [9.17, 15) is 9.59 Å². The summed E-state index contributed by atoms with van der Waals surface area (Å²) in [4.78, 5) is 28.6. The number of piperidine rings is 1. The van der Waals surface area contributed by atoms with Crippen molar-refractivity contribution in [1.29, 1.82) is 0 Å². The Morgan fingerprint density at radius 1 is 1.33 bits per heavy atom. The maximum Gasteiger partial charge on any atom is 0.263 e. The van der Waals surface area contributed by atoms with E-state index in [1.165, 1.54) is 4.88 Å². The molecule has 1 aromatic rings. The smallest absolute Gasteiger partial charge is 0.263 e. The Morgan fingerprint density at radius 2 is 2.17 bits per heavy atom. The molecule has 2 N–H and O–H groups in total. The van der Waals surface area contributed by atoms with E-state index in [2.05, 4.69) is 10.6 Å². The fourth-order valence-corrected chi connectivity index (χ4v) is 4.23. The predicted molar refractivity (Wildman–Crippen MR) is 99.0 cm³/mol. The highest BCUT2D eigenvalue weighted by Crippen LogP contribution is 2.22. The highest BCUT2D eigenvalue weighted by atomic mass is 35.5. The predicted octanol–water partition coefficient (Wildman–Crippen LogP) is 2.20. The number of hydrogen-bond acceptors (Lipinski definition) is 4. The van der Waals surface area contributed by atoms with Gasteiger partial charge in [0.25, 0.3) is 5.91 Å². The van der Waals surface area contributed by atoms with Crippen LogP contribution in [0.3, 0.4) is 0 Å². The van der Waals surface area contributed by atoms with Crippen molar-refractivity contribution in [1.82, 2.24) is 15.5 Å². The van der Waals surface area contributed by atoms with Crippen LogP contribution in [0.4, 0.5) is 0 Å². The lowest BCUT2D eigenvalue weighted by molar-refractivity contribution is -0.123. The van der Waals surface area contributed by atoms with Gasteiger partial charge in [-0.2, -0.15) is 0 Å². The van der Waals surface area contributed by atoms with Gasteiger partial charge in [-0.1, -0.05) is 0 Å². The van der Waals surface area contributed by atoms with Crippen LogP contribution >= 0.6 is 23.7 Å². The summed E-state index contributed by atoms with van der Waals surface area (Å²) < 4.78 is 0. The molecule has 2 amide bonds. The molecule has 0 radical (unpaired) electrons. The second-order valence-corrected chi connectivity index (χ2v) is 7.85. The number of carbonyl (C=O) groups is 2. The highest BCUT2D eigenvalue weighted by molar-refractivity contribution is 7.13. The Hall–Kier alpha value is -1.11. The zero-order valence-corrected chi connectivity index (χ0v) is 15.7. The van der Waals surface area contributed by atoms with Crippen LogP contribution in [0.5, 0.6) is 0 Å². The number of nitrogens with zero attached hydrogens (tertiary/aromatic N) is 1. The number of thiophene rings is 1. The van der Waals surface area contributed by atoms with E-state index in [0.29, 0.717) is 12.5 Å². The monoisotopic (exact) mass is 371 g/mol. The summed E-state index contributed by atoms with van der Waals surface area (Å²) in [6, 6.07) is 3.89. The maximum atomic E-state index is 12.5. The minimum absolute atomic E-state index is 0. The van der Waals surface area contributed by atoms with E-state index in [4.69, 9.17) is 0 Å². The Labute approximate surface area is 153 Å². The van der Waals surface area contributed by atoms with Gasteiger partial charge in [-0.25, -0.2) is 0 Å². The van der Waals surface area contributed by atoms with Crippen LogP contribution in [0, 0.1) is 12.8 Å². The van der Waals surface area contributed by atoms with Gasteiger partial charge in [-0.05, 0) is 57.2 Å². The van der Waals surface area contributed by atoms with Crippen LogP contribution in [-0.2, 0) is 4.79 Å². The summed E-state index contributed by atoms with van der Waals surface area (Å²) in [6.07, 6.45) is 4.09. The Balaban J connectivity index is 0.00000208. The van der Waals surface area contributed by atoms with Crippen molar-refractivity contribution in [2.75, 3.05) is 26.2 Å². The van der Waals surface area contributed by atoms with Crippen LogP contribution < -0.4 is 10.6 Å². The number of carbonyl (C=O) groups excluding carboxylic acids is 2. The lowest BCUT2D eigenvalue weighted by Gasteiger charge is -2.32. The number of aryl methyl sites for hydroxylation is 1. The topological polar surface area (TPSA) is 61.4 Å². The third kappa shape index (κ3) is 4.71. The summed E-state index contributed by atoms with van der Waals surface area (Å²) in [7, 11) is 0. The number of hydrogen-bond donors (Lipinski definition) is 2. The van der Waals surface area contributed by atoms with Gasteiger partial charge in [0, 0.05) is 24.5 Å². The third-order valence-corrected chi connectivity index (χ3v) is 5.69. The van der Waals surface area contributed by atoms with Crippen LogP contribution in [0.15, 0.2) is 12.1 Å². The highest BCUT2D eigenvalue weighted by Gasteiger charge is 2.27. The van der Waals surface area contributed by atoms with E-state index in [0.717, 1.165) is 50.2 Å². The summed E-state index contributed by atoms with van der Waals surface area (Å²) in [5, 5.41) is 6.28. The lowest BCUT2D eigenvalue weighted by Crippen LogP contribution is -2.46. The van der Waals surface area contributed by atoms with Crippen LogP contribution in [0.2, 0.25) is 0 Å². The molecule has 5 nitrogen and oxygen atoms in total. The molecule has 0 aliphatic carbocycles. The van der Waals surface area contributed by atoms with E-state index < -0.39 is 0 Å². The number of rotatable bonds is 4. The van der Waals surface area contributed by atoms with Gasteiger partial charge in [-0.3, -0.25) is 9.59 Å². The zero-order chi connectivity index (χ0) is 16.2. The number of nitrogens with one attached hydrogen (secondary N) is 2. The van der Waals surface area contributed by atoms with Gasteiger partial charge < -0.3 is 15.5 Å². The van der Waals surface area contributed by atoms with E-state index in [1.54, 1.807) is 11.3 Å². The van der Waals surface area contributed by atoms with Crippen LogP contribution in [-0.4, -0.2) is 48.9 Å². The van der Waals surface area contributed by atoms with E-state index in [1.807, 2.05) is 24.0 Å². The Morgan fingerprint density at radius 3 is 2.83 bits per heavy atom. The molecular weight excluding hydrogens is 346 g/mol. The molecule has 0 aromatic carbocycles. The zero-order valence-electron chi connectivity index (χ0n) is 14.0. The van der Waals surface area contributed by atoms with Crippen molar-refractivity contribution in [3.05, 3.63) is 21.9 Å². The van der Waals surface area contributed by atoms with Crippen molar-refractivity contribution in [3.63, 3.8) is 0 Å². The van der Waals surface area contributed by atoms with E-state index in [-0.39, 0.29) is 30.3 Å². The SMILES string of the molecule is Cc1ccc(C(=O)N2CCCC(CNC(=O)C3CCCN3)C2)s1.Cl. The molecule has 0 spiro atoms. The van der Waals surface area contributed by atoms with Crippen LogP contribution in [0.1, 0.15) is 40.2 Å². The van der Waals surface area contributed by atoms with Gasteiger partial charge in [-0.15, -0.1) is 23.7 Å². The molecule has 2 fully saturated rings. The minimum Gasteiger partial charge on any atom is -0.354 e. The van der Waals surface area contributed by atoms with E-state index >= 15 is 0 Å².